The van der Waals surface area contributed by atoms with E-state index >= 15 is 0 Å². The maximum Gasteiger partial charge on any atom is 0.262 e. The Hall–Kier alpha value is -1.27. The first-order valence-corrected chi connectivity index (χ1v) is 8.35. The average molecular weight is 345 g/mol. The fraction of sp³-hybridized carbons (Fsp3) is 0.143. The van der Waals surface area contributed by atoms with E-state index in [0.29, 0.717) is 10.6 Å². The van der Waals surface area contributed by atoms with E-state index in [1.165, 1.54) is 18.2 Å². The summed E-state index contributed by atoms with van der Waals surface area (Å²) in [5.41, 5.74) is 7.23. The van der Waals surface area contributed by atoms with Crippen LogP contribution in [0.2, 0.25) is 10.0 Å². The first kappa shape index (κ1) is 16.1. The van der Waals surface area contributed by atoms with Gasteiger partial charge < -0.3 is 5.73 Å². The maximum absolute atomic E-state index is 12.5. The summed E-state index contributed by atoms with van der Waals surface area (Å²) >= 11 is 11.8. The molecule has 0 unspecified atom stereocenters. The molecule has 0 aromatic heterocycles. The van der Waals surface area contributed by atoms with Crippen LogP contribution in [0.15, 0.2) is 41.3 Å². The Balaban J connectivity index is 2.46. The van der Waals surface area contributed by atoms with Gasteiger partial charge in [0.05, 0.1) is 15.6 Å². The minimum absolute atomic E-state index is 0.168. The molecule has 2 rings (SSSR count). The van der Waals surface area contributed by atoms with Crippen LogP contribution in [0.25, 0.3) is 0 Å². The Morgan fingerprint density at radius 2 is 1.90 bits per heavy atom. The Labute approximate surface area is 133 Å². The van der Waals surface area contributed by atoms with Crippen molar-refractivity contribution in [1.82, 2.24) is 0 Å². The lowest BCUT2D eigenvalue weighted by Crippen LogP contribution is -2.16. The van der Waals surface area contributed by atoms with Gasteiger partial charge in [-0.1, -0.05) is 35.3 Å². The summed E-state index contributed by atoms with van der Waals surface area (Å²) in [6.07, 6.45) is 0. The lowest BCUT2D eigenvalue weighted by atomic mass is 10.1. The second-order valence-corrected chi connectivity index (χ2v) is 6.97. The lowest BCUT2D eigenvalue weighted by molar-refractivity contribution is 0.600. The molecule has 0 fully saturated rings. The maximum atomic E-state index is 12.5. The molecule has 0 spiro atoms. The second kappa shape index (κ2) is 6.23. The summed E-state index contributed by atoms with van der Waals surface area (Å²) in [5, 5.41) is 0.667. The molecule has 0 saturated carbocycles. The minimum Gasteiger partial charge on any atom is -0.326 e. The molecule has 4 nitrogen and oxygen atoms in total. The Morgan fingerprint density at radius 3 is 2.57 bits per heavy atom. The normalized spacial score (nSPS) is 11.4. The monoisotopic (exact) mass is 344 g/mol. The van der Waals surface area contributed by atoms with E-state index in [2.05, 4.69) is 4.72 Å². The predicted octanol–water partition coefficient (Wildman–Crippen LogP) is 3.56. The van der Waals surface area contributed by atoms with Crippen LogP contribution in [-0.4, -0.2) is 8.42 Å². The van der Waals surface area contributed by atoms with Gasteiger partial charge in [-0.2, -0.15) is 0 Å². The van der Waals surface area contributed by atoms with Crippen molar-refractivity contribution in [1.29, 1.82) is 0 Å². The molecular weight excluding hydrogens is 331 g/mol. The quantitative estimate of drug-likeness (QED) is 0.890. The van der Waals surface area contributed by atoms with Crippen molar-refractivity contribution in [2.24, 2.45) is 5.73 Å². The van der Waals surface area contributed by atoms with Crippen LogP contribution in [0.3, 0.4) is 0 Å². The van der Waals surface area contributed by atoms with Crippen LogP contribution < -0.4 is 10.5 Å². The number of hydrogen-bond donors (Lipinski definition) is 2. The van der Waals surface area contributed by atoms with Crippen molar-refractivity contribution >= 4 is 38.9 Å². The number of nitrogens with two attached hydrogens (primary N) is 1. The minimum atomic E-state index is -3.76. The van der Waals surface area contributed by atoms with Gasteiger partial charge >= 0.3 is 0 Å². The average Bonchev–Trinajstić information content (AvgIpc) is 2.42. The highest BCUT2D eigenvalue weighted by Crippen LogP contribution is 2.29. The van der Waals surface area contributed by atoms with Crippen molar-refractivity contribution in [2.45, 2.75) is 18.4 Å². The van der Waals surface area contributed by atoms with Crippen molar-refractivity contribution in [3.05, 3.63) is 57.6 Å². The van der Waals surface area contributed by atoms with Crippen LogP contribution in [0.5, 0.6) is 0 Å². The van der Waals surface area contributed by atoms with Gasteiger partial charge in [0.25, 0.3) is 10.0 Å². The first-order valence-electron chi connectivity index (χ1n) is 6.11. The van der Waals surface area contributed by atoms with Gasteiger partial charge in [0.15, 0.2) is 0 Å². The van der Waals surface area contributed by atoms with E-state index in [-0.39, 0.29) is 22.2 Å². The van der Waals surface area contributed by atoms with Gasteiger partial charge in [0.2, 0.25) is 0 Å². The number of halogens is 2. The van der Waals surface area contributed by atoms with E-state index in [4.69, 9.17) is 28.9 Å². The summed E-state index contributed by atoms with van der Waals surface area (Å²) < 4.78 is 27.5. The molecule has 0 bridgehead atoms. The topological polar surface area (TPSA) is 72.2 Å². The largest absolute Gasteiger partial charge is 0.326 e. The molecule has 0 amide bonds. The molecule has 0 aliphatic carbocycles. The van der Waals surface area contributed by atoms with Crippen molar-refractivity contribution in [3.8, 4) is 0 Å². The molecular formula is C14H14Cl2N2O2S. The van der Waals surface area contributed by atoms with Gasteiger partial charge in [-0.15, -0.1) is 0 Å². The number of hydrogen-bond acceptors (Lipinski definition) is 3. The fourth-order valence-electron chi connectivity index (χ4n) is 1.95. The van der Waals surface area contributed by atoms with Gasteiger partial charge in [0.1, 0.15) is 0 Å². The number of nitrogens with one attached hydrogen (secondary N) is 1. The Bertz CT molecular complexity index is 777. The zero-order chi connectivity index (χ0) is 15.6. The predicted molar refractivity (Wildman–Crippen MR) is 86.3 cm³/mol. The van der Waals surface area contributed by atoms with Gasteiger partial charge in [-0.05, 0) is 42.3 Å². The number of benzene rings is 2. The lowest BCUT2D eigenvalue weighted by Gasteiger charge is -2.13. The molecule has 112 valence electrons. The van der Waals surface area contributed by atoms with Gasteiger partial charge in [0, 0.05) is 11.6 Å². The summed E-state index contributed by atoms with van der Waals surface area (Å²) in [4.78, 5) is 0.168. The molecule has 3 N–H and O–H groups in total. The van der Waals surface area contributed by atoms with Crippen LogP contribution in [-0.2, 0) is 16.6 Å². The number of anilines is 1. The van der Waals surface area contributed by atoms with Crippen LogP contribution in [0, 0.1) is 6.92 Å². The molecule has 0 aliphatic heterocycles. The van der Waals surface area contributed by atoms with Crippen molar-refractivity contribution in [3.63, 3.8) is 0 Å². The van der Waals surface area contributed by atoms with Crippen LogP contribution in [0.1, 0.15) is 11.1 Å². The standard InChI is InChI=1S/C14H14Cl2N2O2S/c1-9-10(8-17)3-2-4-14(9)21(19,20)18-13-7-11(15)5-6-12(13)16/h2-7,18H,8,17H2,1H3. The summed E-state index contributed by atoms with van der Waals surface area (Å²) in [7, 11) is -3.76. The van der Waals surface area contributed by atoms with Gasteiger partial charge in [-0.25, -0.2) is 8.42 Å². The zero-order valence-electron chi connectivity index (χ0n) is 11.2. The molecule has 0 saturated heterocycles. The van der Waals surface area contributed by atoms with E-state index in [1.54, 1.807) is 25.1 Å². The SMILES string of the molecule is Cc1c(CN)cccc1S(=O)(=O)Nc1cc(Cl)ccc1Cl. The molecule has 2 aromatic rings. The Kier molecular flexibility index (Phi) is 4.78. The third kappa shape index (κ3) is 3.49. The van der Waals surface area contributed by atoms with Crippen LogP contribution >= 0.6 is 23.2 Å². The summed E-state index contributed by atoms with van der Waals surface area (Å²) in [6, 6.07) is 9.55. The molecule has 2 aromatic carbocycles. The van der Waals surface area contributed by atoms with E-state index in [0.717, 1.165) is 5.56 Å². The van der Waals surface area contributed by atoms with E-state index < -0.39 is 10.0 Å². The Morgan fingerprint density at radius 1 is 1.19 bits per heavy atom. The molecule has 0 radical (unpaired) electrons. The van der Waals surface area contributed by atoms with E-state index in [1.807, 2.05) is 0 Å². The highest BCUT2D eigenvalue weighted by atomic mass is 35.5. The summed E-state index contributed by atoms with van der Waals surface area (Å²) in [5.74, 6) is 0. The van der Waals surface area contributed by atoms with Gasteiger partial charge in [-0.3, -0.25) is 4.72 Å². The highest BCUT2D eigenvalue weighted by Gasteiger charge is 2.19. The molecule has 0 heterocycles. The van der Waals surface area contributed by atoms with Crippen LogP contribution in [0.4, 0.5) is 5.69 Å². The smallest absolute Gasteiger partial charge is 0.262 e. The third-order valence-corrected chi connectivity index (χ3v) is 5.15. The van der Waals surface area contributed by atoms with Crippen molar-refractivity contribution in [2.75, 3.05) is 4.72 Å². The fourth-order valence-corrected chi connectivity index (χ4v) is 3.70. The molecule has 21 heavy (non-hydrogen) atoms. The molecule has 0 aliphatic rings. The first-order chi connectivity index (χ1) is 9.85. The van der Waals surface area contributed by atoms with E-state index in [9.17, 15) is 8.42 Å². The number of rotatable bonds is 4. The number of sulfonamides is 1. The van der Waals surface area contributed by atoms with Crippen molar-refractivity contribution < 1.29 is 8.42 Å². The third-order valence-electron chi connectivity index (χ3n) is 3.08. The highest BCUT2D eigenvalue weighted by molar-refractivity contribution is 7.92. The summed E-state index contributed by atoms with van der Waals surface area (Å²) in [6.45, 7) is 1.99. The molecule has 7 heteroatoms. The zero-order valence-corrected chi connectivity index (χ0v) is 13.6. The molecule has 0 atom stereocenters. The second-order valence-electron chi connectivity index (χ2n) is 4.47.